The lowest BCUT2D eigenvalue weighted by Crippen LogP contribution is -2.14. The minimum atomic E-state index is -2.93. The molecule has 76 valence electrons. The van der Waals surface area contributed by atoms with Gasteiger partial charge in [-0.15, -0.1) is 0 Å². The van der Waals surface area contributed by atoms with Gasteiger partial charge in [-0.05, 0) is 6.07 Å². The largest absolute Gasteiger partial charge is 0.352 e. The van der Waals surface area contributed by atoms with Crippen molar-refractivity contribution in [3.8, 4) is 0 Å². The van der Waals surface area contributed by atoms with E-state index in [1.807, 2.05) is 0 Å². The minimum Gasteiger partial charge on any atom is -0.315 e. The summed E-state index contributed by atoms with van der Waals surface area (Å²) in [6.07, 6.45) is -2.93. The van der Waals surface area contributed by atoms with E-state index >= 15 is 0 Å². The fraction of sp³-hybridized carbons (Fsp3) is 0.167. The smallest absolute Gasteiger partial charge is 0.315 e. The molecule has 0 atom stereocenters. The number of H-pyrrole nitrogens is 1. The van der Waals surface area contributed by atoms with Gasteiger partial charge in [-0.1, -0.05) is 11.6 Å². The maximum atomic E-state index is 12.1. The lowest BCUT2D eigenvalue weighted by molar-refractivity contribution is -0.386. The number of pyridine rings is 1. The van der Waals surface area contributed by atoms with Crippen molar-refractivity contribution in [2.75, 3.05) is 0 Å². The predicted octanol–water partition coefficient (Wildman–Crippen LogP) is 1.87. The highest BCUT2D eigenvalue weighted by molar-refractivity contribution is 6.32. The SMILES string of the molecule is O=c1[nH]c(C(F)F)cc(Cl)c1[N+](=O)[O-]. The van der Waals surface area contributed by atoms with E-state index in [0.29, 0.717) is 6.07 Å². The molecule has 0 radical (unpaired) electrons. The molecule has 5 nitrogen and oxygen atoms in total. The van der Waals surface area contributed by atoms with E-state index in [1.165, 1.54) is 0 Å². The van der Waals surface area contributed by atoms with Crippen molar-refractivity contribution in [2.24, 2.45) is 0 Å². The van der Waals surface area contributed by atoms with Gasteiger partial charge in [0.2, 0.25) is 0 Å². The van der Waals surface area contributed by atoms with Crippen LogP contribution < -0.4 is 5.56 Å². The van der Waals surface area contributed by atoms with Gasteiger partial charge in [0, 0.05) is 0 Å². The first-order valence-corrected chi connectivity index (χ1v) is 3.66. The molecule has 0 aliphatic rings. The molecule has 8 heteroatoms. The van der Waals surface area contributed by atoms with Crippen LogP contribution in [-0.4, -0.2) is 9.91 Å². The van der Waals surface area contributed by atoms with Gasteiger partial charge in [-0.2, -0.15) is 0 Å². The van der Waals surface area contributed by atoms with Gasteiger partial charge in [0.05, 0.1) is 10.6 Å². The zero-order valence-corrected chi connectivity index (χ0v) is 7.22. The topological polar surface area (TPSA) is 76.0 Å². The number of aromatic amines is 1. The van der Waals surface area contributed by atoms with Crippen LogP contribution in [0.2, 0.25) is 5.02 Å². The van der Waals surface area contributed by atoms with E-state index in [0.717, 1.165) is 0 Å². The third-order valence-electron chi connectivity index (χ3n) is 1.40. The van der Waals surface area contributed by atoms with E-state index in [9.17, 15) is 23.7 Å². The van der Waals surface area contributed by atoms with Gasteiger partial charge in [0.15, 0.2) is 0 Å². The van der Waals surface area contributed by atoms with Crippen molar-refractivity contribution in [2.45, 2.75) is 6.43 Å². The molecule has 0 unspecified atom stereocenters. The second kappa shape index (κ2) is 3.70. The summed E-state index contributed by atoms with van der Waals surface area (Å²) in [4.78, 5) is 21.8. The zero-order valence-electron chi connectivity index (χ0n) is 6.46. The Morgan fingerprint density at radius 1 is 1.57 bits per heavy atom. The first-order valence-electron chi connectivity index (χ1n) is 3.28. The maximum absolute atomic E-state index is 12.1. The molecule has 0 fully saturated rings. The molecule has 14 heavy (non-hydrogen) atoms. The Labute approximate surface area is 80.5 Å². The van der Waals surface area contributed by atoms with Gasteiger partial charge in [0.25, 0.3) is 6.43 Å². The first kappa shape index (κ1) is 10.6. The number of aromatic nitrogens is 1. The molecule has 1 N–H and O–H groups in total. The average Bonchev–Trinajstić information content (AvgIpc) is 2.01. The number of nitrogens with zero attached hydrogens (tertiary/aromatic N) is 1. The van der Waals surface area contributed by atoms with Gasteiger partial charge >= 0.3 is 11.2 Å². The van der Waals surface area contributed by atoms with Crippen molar-refractivity contribution in [1.82, 2.24) is 4.98 Å². The average molecular weight is 225 g/mol. The van der Waals surface area contributed by atoms with Crippen molar-refractivity contribution in [3.63, 3.8) is 0 Å². The Morgan fingerprint density at radius 2 is 2.14 bits per heavy atom. The maximum Gasteiger partial charge on any atom is 0.352 e. The van der Waals surface area contributed by atoms with E-state index in [-0.39, 0.29) is 0 Å². The Balaban J connectivity index is 3.40. The number of hydrogen-bond acceptors (Lipinski definition) is 3. The molecule has 0 aliphatic carbocycles. The summed E-state index contributed by atoms with van der Waals surface area (Å²) in [5, 5.41) is 9.63. The van der Waals surface area contributed by atoms with E-state index in [1.54, 1.807) is 4.98 Å². The lowest BCUT2D eigenvalue weighted by Gasteiger charge is -1.99. The molecule has 1 heterocycles. The summed E-state index contributed by atoms with van der Waals surface area (Å²) in [5.41, 5.74) is -2.92. The molecular weight excluding hydrogens is 222 g/mol. The minimum absolute atomic E-state index is 0.603. The monoisotopic (exact) mass is 224 g/mol. The Morgan fingerprint density at radius 3 is 2.50 bits per heavy atom. The predicted molar refractivity (Wildman–Crippen MR) is 43.7 cm³/mol. The molecule has 0 spiro atoms. The summed E-state index contributed by atoms with van der Waals surface area (Å²) >= 11 is 5.28. The molecule has 1 aromatic heterocycles. The summed E-state index contributed by atoms with van der Waals surface area (Å²) in [7, 11) is 0. The summed E-state index contributed by atoms with van der Waals surface area (Å²) in [6.45, 7) is 0. The fourth-order valence-electron chi connectivity index (χ4n) is 0.827. The summed E-state index contributed by atoms with van der Waals surface area (Å²) in [6, 6.07) is 0.658. The van der Waals surface area contributed by atoms with Gasteiger partial charge in [-0.3, -0.25) is 14.9 Å². The van der Waals surface area contributed by atoms with E-state index < -0.39 is 33.3 Å². The third kappa shape index (κ3) is 1.87. The molecule has 0 amide bonds. The van der Waals surface area contributed by atoms with Crippen LogP contribution in [0.3, 0.4) is 0 Å². The Bertz CT molecular complexity index is 432. The molecule has 1 aromatic rings. The highest BCUT2D eigenvalue weighted by atomic mass is 35.5. The fourth-order valence-corrected chi connectivity index (χ4v) is 1.10. The molecule has 0 aromatic carbocycles. The normalized spacial score (nSPS) is 10.6. The van der Waals surface area contributed by atoms with Gasteiger partial charge in [-0.25, -0.2) is 8.78 Å². The second-order valence-electron chi connectivity index (χ2n) is 2.31. The molecular formula is C6H3ClF2N2O3. The molecule has 0 aliphatic heterocycles. The molecule has 0 saturated heterocycles. The number of alkyl halides is 2. The van der Waals surface area contributed by atoms with Crippen LogP contribution in [0.1, 0.15) is 12.1 Å². The van der Waals surface area contributed by atoms with Gasteiger partial charge < -0.3 is 4.98 Å². The van der Waals surface area contributed by atoms with Crippen LogP contribution in [0.5, 0.6) is 0 Å². The van der Waals surface area contributed by atoms with Crippen LogP contribution in [0.25, 0.3) is 0 Å². The molecule has 1 rings (SSSR count). The number of hydrogen-bond donors (Lipinski definition) is 1. The second-order valence-corrected chi connectivity index (χ2v) is 2.72. The highest BCUT2D eigenvalue weighted by Crippen LogP contribution is 2.24. The first-order chi connectivity index (χ1) is 6.43. The van der Waals surface area contributed by atoms with Crippen molar-refractivity contribution < 1.29 is 13.7 Å². The number of rotatable bonds is 2. The third-order valence-corrected chi connectivity index (χ3v) is 1.69. The lowest BCUT2D eigenvalue weighted by atomic mass is 10.3. The molecule has 0 saturated carbocycles. The van der Waals surface area contributed by atoms with Gasteiger partial charge in [0.1, 0.15) is 5.02 Å². The van der Waals surface area contributed by atoms with Crippen LogP contribution in [0.4, 0.5) is 14.5 Å². The standard InChI is InChI=1S/C6H3ClF2N2O3/c7-2-1-3(5(8)9)10-6(12)4(2)11(13)14/h1,5H,(H,10,12). The quantitative estimate of drug-likeness (QED) is 0.615. The number of nitro groups is 1. The van der Waals surface area contributed by atoms with E-state index in [4.69, 9.17) is 11.6 Å². The summed E-state index contributed by atoms with van der Waals surface area (Å²) < 4.78 is 24.1. The van der Waals surface area contributed by atoms with Crippen molar-refractivity contribution in [3.05, 3.63) is 37.3 Å². The Hall–Kier alpha value is -1.50. The summed E-state index contributed by atoms with van der Waals surface area (Å²) in [5.74, 6) is 0. The Kier molecular flexibility index (Phi) is 2.80. The number of halogens is 3. The van der Waals surface area contributed by atoms with Crippen LogP contribution in [-0.2, 0) is 0 Å². The van der Waals surface area contributed by atoms with Crippen LogP contribution in [0.15, 0.2) is 10.9 Å². The number of nitrogens with one attached hydrogen (secondary N) is 1. The van der Waals surface area contributed by atoms with Crippen LogP contribution >= 0.6 is 11.6 Å². The molecule has 0 bridgehead atoms. The highest BCUT2D eigenvalue weighted by Gasteiger charge is 2.21. The van der Waals surface area contributed by atoms with Crippen molar-refractivity contribution in [1.29, 1.82) is 0 Å². The van der Waals surface area contributed by atoms with Crippen LogP contribution in [0, 0.1) is 10.1 Å². The van der Waals surface area contributed by atoms with Crippen molar-refractivity contribution >= 4 is 17.3 Å². The zero-order chi connectivity index (χ0) is 10.9. The van der Waals surface area contributed by atoms with E-state index in [2.05, 4.69) is 0 Å².